The van der Waals surface area contributed by atoms with Gasteiger partial charge in [0.1, 0.15) is 6.61 Å². The van der Waals surface area contributed by atoms with Crippen LogP contribution >= 0.6 is 0 Å². The van der Waals surface area contributed by atoms with Gasteiger partial charge in [0.15, 0.2) is 5.84 Å². The second-order valence-electron chi connectivity index (χ2n) is 10.0. The van der Waals surface area contributed by atoms with Crippen LogP contribution in [0.5, 0.6) is 0 Å². The highest BCUT2D eigenvalue weighted by Crippen LogP contribution is 2.47. The number of cyclic esters (lactones) is 1. The van der Waals surface area contributed by atoms with Gasteiger partial charge in [-0.25, -0.2) is 10.3 Å². The number of likely N-dealkylation sites (tertiary alicyclic amines) is 1. The molecule has 1 spiro atoms. The molecule has 2 fully saturated rings. The van der Waals surface area contributed by atoms with Gasteiger partial charge < -0.3 is 9.64 Å². The number of carbonyl (C=O) groups is 2. The molecule has 1 aliphatic carbocycles. The SMILES string of the molecule is CC1=C(N2CC[C@]3(CC[C@@H](N(C)Cc4ccc5c(c4)CN4NNN=C54)CC3)C2=O)COC1=O. The molecule has 1 saturated carbocycles. The monoisotopic (exact) mass is 450 g/mol. The highest BCUT2D eigenvalue weighted by molar-refractivity contribution is 6.02. The zero-order chi connectivity index (χ0) is 22.7. The lowest BCUT2D eigenvalue weighted by Gasteiger charge is -2.39. The van der Waals surface area contributed by atoms with Crippen LogP contribution in [0.3, 0.4) is 0 Å². The smallest absolute Gasteiger partial charge is 0.336 e. The van der Waals surface area contributed by atoms with Crippen molar-refractivity contribution in [1.82, 2.24) is 25.9 Å². The van der Waals surface area contributed by atoms with Crippen LogP contribution < -0.4 is 11.1 Å². The van der Waals surface area contributed by atoms with Gasteiger partial charge in [-0.05, 0) is 57.2 Å². The number of hydrazine groups is 2. The highest BCUT2D eigenvalue weighted by Gasteiger charge is 2.50. The topological polar surface area (TPSA) is 89.5 Å². The van der Waals surface area contributed by atoms with E-state index in [4.69, 9.17) is 4.74 Å². The molecule has 174 valence electrons. The molecule has 4 heterocycles. The van der Waals surface area contributed by atoms with Crippen LogP contribution in [0.25, 0.3) is 0 Å². The van der Waals surface area contributed by atoms with Crippen molar-refractivity contribution in [3.8, 4) is 0 Å². The molecule has 0 atom stereocenters. The van der Waals surface area contributed by atoms with Gasteiger partial charge in [-0.1, -0.05) is 18.2 Å². The molecule has 1 aromatic carbocycles. The normalized spacial score (nSPS) is 28.6. The molecule has 5 aliphatic rings. The zero-order valence-corrected chi connectivity index (χ0v) is 19.2. The number of hydrazone groups is 1. The number of nitrogens with one attached hydrogen (secondary N) is 2. The second-order valence-corrected chi connectivity index (χ2v) is 10.0. The average molecular weight is 451 g/mol. The first-order valence-electron chi connectivity index (χ1n) is 11.8. The first kappa shape index (κ1) is 20.7. The summed E-state index contributed by atoms with van der Waals surface area (Å²) in [4.78, 5) is 29.4. The maximum Gasteiger partial charge on any atom is 0.336 e. The maximum absolute atomic E-state index is 13.4. The molecule has 6 rings (SSSR count). The number of rotatable bonds is 4. The Kier molecular flexibility index (Phi) is 4.74. The van der Waals surface area contributed by atoms with E-state index in [-0.39, 0.29) is 23.9 Å². The molecule has 0 radical (unpaired) electrons. The Morgan fingerprint density at radius 2 is 2.06 bits per heavy atom. The summed E-state index contributed by atoms with van der Waals surface area (Å²) in [5.74, 6) is 0.857. The molecule has 4 aliphatic heterocycles. The van der Waals surface area contributed by atoms with Crippen LogP contribution in [0.1, 0.15) is 55.7 Å². The molecule has 1 amide bonds. The van der Waals surface area contributed by atoms with E-state index in [1.807, 2.05) is 9.91 Å². The van der Waals surface area contributed by atoms with Crippen molar-refractivity contribution < 1.29 is 14.3 Å². The third-order valence-corrected chi connectivity index (χ3v) is 8.23. The number of nitrogens with zero attached hydrogens (tertiary/aromatic N) is 4. The van der Waals surface area contributed by atoms with Gasteiger partial charge in [0, 0.05) is 24.7 Å². The van der Waals surface area contributed by atoms with Crippen LogP contribution in [0.4, 0.5) is 0 Å². The fourth-order valence-corrected chi connectivity index (χ4v) is 6.14. The van der Waals surface area contributed by atoms with Crippen molar-refractivity contribution in [3.05, 3.63) is 46.2 Å². The second kappa shape index (κ2) is 7.56. The summed E-state index contributed by atoms with van der Waals surface area (Å²) in [6.45, 7) is 4.41. The maximum atomic E-state index is 13.4. The molecular formula is C24H30N6O3. The Morgan fingerprint density at radius 1 is 1.24 bits per heavy atom. The molecule has 1 aromatic rings. The fraction of sp³-hybridized carbons (Fsp3) is 0.542. The van der Waals surface area contributed by atoms with Crippen LogP contribution in [0.15, 0.2) is 34.6 Å². The zero-order valence-electron chi connectivity index (χ0n) is 19.2. The average Bonchev–Trinajstić information content (AvgIpc) is 3.55. The molecular weight excluding hydrogens is 420 g/mol. The lowest BCUT2D eigenvalue weighted by molar-refractivity contribution is -0.138. The Bertz CT molecular complexity index is 1090. The molecule has 9 nitrogen and oxygen atoms in total. The minimum absolute atomic E-state index is 0.196. The summed E-state index contributed by atoms with van der Waals surface area (Å²) in [6, 6.07) is 7.13. The number of esters is 1. The predicted octanol–water partition coefficient (Wildman–Crippen LogP) is 1.61. The number of hydrogen-bond acceptors (Lipinski definition) is 8. The van der Waals surface area contributed by atoms with Crippen molar-refractivity contribution in [2.24, 2.45) is 10.5 Å². The van der Waals surface area contributed by atoms with Gasteiger partial charge in [-0.3, -0.25) is 14.7 Å². The fourth-order valence-electron chi connectivity index (χ4n) is 6.14. The van der Waals surface area contributed by atoms with Crippen molar-refractivity contribution in [2.45, 2.75) is 58.2 Å². The van der Waals surface area contributed by atoms with Crippen LogP contribution in [0.2, 0.25) is 0 Å². The Labute approximate surface area is 193 Å². The lowest BCUT2D eigenvalue weighted by Crippen LogP contribution is -2.42. The summed E-state index contributed by atoms with van der Waals surface area (Å²) >= 11 is 0. The molecule has 1 saturated heterocycles. The van der Waals surface area contributed by atoms with E-state index in [0.717, 1.165) is 56.7 Å². The largest absolute Gasteiger partial charge is 0.456 e. The van der Waals surface area contributed by atoms with E-state index >= 15 is 0 Å². The number of benzene rings is 1. The van der Waals surface area contributed by atoms with Gasteiger partial charge in [0.2, 0.25) is 5.91 Å². The van der Waals surface area contributed by atoms with Gasteiger partial charge in [0.25, 0.3) is 0 Å². The first-order valence-corrected chi connectivity index (χ1v) is 11.8. The number of amidine groups is 1. The molecule has 0 unspecified atom stereocenters. The number of hydrogen-bond donors (Lipinski definition) is 2. The van der Waals surface area contributed by atoms with Gasteiger partial charge in [0.05, 0.1) is 23.2 Å². The summed E-state index contributed by atoms with van der Waals surface area (Å²) < 4.78 is 5.14. The van der Waals surface area contributed by atoms with Crippen molar-refractivity contribution in [3.63, 3.8) is 0 Å². The lowest BCUT2D eigenvalue weighted by atomic mass is 9.71. The summed E-state index contributed by atoms with van der Waals surface area (Å²) in [7, 11) is 2.20. The van der Waals surface area contributed by atoms with E-state index < -0.39 is 0 Å². The standard InChI is InChI=1S/C24H30N6O3/c1-15-20(14-33-22(15)31)29-10-9-24(23(29)32)7-5-18(6-8-24)28(2)12-16-3-4-19-17(11-16)13-30-21(19)25-26-27-30/h3-4,11,18,26-27H,5-10,12-14H2,1-2H3/t18-,24-. The van der Waals surface area contributed by atoms with E-state index in [9.17, 15) is 9.59 Å². The molecule has 0 aromatic heterocycles. The molecule has 2 N–H and O–H groups in total. The van der Waals surface area contributed by atoms with E-state index in [1.54, 1.807) is 6.92 Å². The van der Waals surface area contributed by atoms with Crippen LogP contribution in [-0.2, 0) is 27.4 Å². The minimum atomic E-state index is -0.294. The quantitative estimate of drug-likeness (QED) is 0.674. The first-order chi connectivity index (χ1) is 15.9. The van der Waals surface area contributed by atoms with Crippen molar-refractivity contribution >= 4 is 17.7 Å². The number of ether oxygens (including phenoxy) is 1. The van der Waals surface area contributed by atoms with Crippen molar-refractivity contribution in [1.29, 1.82) is 0 Å². The van der Waals surface area contributed by atoms with Crippen LogP contribution in [0, 0.1) is 5.41 Å². The predicted molar refractivity (Wildman–Crippen MR) is 121 cm³/mol. The van der Waals surface area contributed by atoms with Crippen molar-refractivity contribution in [2.75, 3.05) is 20.2 Å². The van der Waals surface area contributed by atoms with Crippen LogP contribution in [-0.4, -0.2) is 58.8 Å². The minimum Gasteiger partial charge on any atom is -0.456 e. The summed E-state index contributed by atoms with van der Waals surface area (Å²) in [6.07, 6.45) is 4.75. The number of fused-ring (bicyclic) bond motifs is 3. The summed E-state index contributed by atoms with van der Waals surface area (Å²) in [5, 5.41) is 6.32. The number of amides is 1. The molecule has 0 bridgehead atoms. The summed E-state index contributed by atoms with van der Waals surface area (Å²) in [5.41, 5.74) is 10.7. The third-order valence-electron chi connectivity index (χ3n) is 8.23. The molecule has 9 heteroatoms. The highest BCUT2D eigenvalue weighted by atomic mass is 16.5. The van der Waals surface area contributed by atoms with E-state index in [0.29, 0.717) is 18.2 Å². The Balaban J connectivity index is 1.09. The van der Waals surface area contributed by atoms with Gasteiger partial charge in [-0.2, -0.15) is 0 Å². The number of carbonyl (C=O) groups excluding carboxylic acids is 2. The van der Waals surface area contributed by atoms with E-state index in [2.05, 4.69) is 46.3 Å². The Morgan fingerprint density at radius 3 is 2.82 bits per heavy atom. The van der Waals surface area contributed by atoms with E-state index in [1.165, 1.54) is 16.7 Å². The Hall–Kier alpha value is -2.91. The van der Waals surface area contributed by atoms with Gasteiger partial charge in [-0.15, -0.1) is 10.6 Å². The molecule has 33 heavy (non-hydrogen) atoms. The third kappa shape index (κ3) is 3.25. The van der Waals surface area contributed by atoms with Gasteiger partial charge >= 0.3 is 5.97 Å².